The molecule has 1 aliphatic heterocycles. The van der Waals surface area contributed by atoms with E-state index in [4.69, 9.17) is 0 Å². The third kappa shape index (κ3) is 2.85. The first-order valence-corrected chi connectivity index (χ1v) is 6.53. The van der Waals surface area contributed by atoms with Crippen LogP contribution in [0.3, 0.4) is 0 Å². The van der Waals surface area contributed by atoms with Gasteiger partial charge in [-0.15, -0.1) is 0 Å². The summed E-state index contributed by atoms with van der Waals surface area (Å²) >= 11 is 0. The molecule has 2 rings (SSSR count). The molecule has 90 valence electrons. The number of aromatic nitrogens is 2. The second-order valence-electron chi connectivity index (χ2n) is 4.96. The molecule has 1 N–H and O–H groups in total. The van der Waals surface area contributed by atoms with Gasteiger partial charge >= 0.3 is 0 Å². The zero-order valence-electron chi connectivity index (χ0n) is 10.4. The molecule has 0 bridgehead atoms. The van der Waals surface area contributed by atoms with Gasteiger partial charge in [-0.25, -0.2) is 4.98 Å². The van der Waals surface area contributed by atoms with Crippen molar-refractivity contribution in [2.24, 2.45) is 5.92 Å². The summed E-state index contributed by atoms with van der Waals surface area (Å²) in [5, 5.41) is 3.63. The fourth-order valence-corrected chi connectivity index (χ4v) is 2.46. The van der Waals surface area contributed by atoms with Crippen molar-refractivity contribution in [3.05, 3.63) is 18.2 Å². The lowest BCUT2D eigenvalue weighted by Crippen LogP contribution is -2.38. The molecule has 1 aromatic rings. The minimum absolute atomic E-state index is 0.707. The molecule has 0 radical (unpaired) electrons. The van der Waals surface area contributed by atoms with E-state index in [-0.39, 0.29) is 0 Å². The normalized spacial score (nSPS) is 25.9. The van der Waals surface area contributed by atoms with Crippen LogP contribution in [-0.4, -0.2) is 22.1 Å². The zero-order chi connectivity index (χ0) is 11.4. The van der Waals surface area contributed by atoms with E-state index in [0.717, 1.165) is 18.9 Å². The third-order valence-corrected chi connectivity index (χ3v) is 3.62. The van der Waals surface area contributed by atoms with Crippen molar-refractivity contribution in [1.82, 2.24) is 14.9 Å². The van der Waals surface area contributed by atoms with Crippen LogP contribution in [0.1, 0.15) is 38.9 Å². The molecule has 0 aromatic carbocycles. The summed E-state index contributed by atoms with van der Waals surface area (Å²) in [7, 11) is 0. The number of aryl methyl sites for hydroxylation is 2. The third-order valence-electron chi connectivity index (χ3n) is 3.62. The zero-order valence-corrected chi connectivity index (χ0v) is 10.4. The van der Waals surface area contributed by atoms with Crippen molar-refractivity contribution in [3.63, 3.8) is 0 Å². The van der Waals surface area contributed by atoms with Gasteiger partial charge < -0.3 is 9.88 Å². The van der Waals surface area contributed by atoms with Crippen LogP contribution in [0, 0.1) is 5.92 Å². The number of imidazole rings is 1. The van der Waals surface area contributed by atoms with Crippen molar-refractivity contribution in [3.8, 4) is 0 Å². The van der Waals surface area contributed by atoms with Crippen LogP contribution in [0.4, 0.5) is 0 Å². The molecule has 2 atom stereocenters. The standard InChI is InChI=1S/C13H23N3/c1-3-16-9-8-14-13(16)7-6-12-5-4-11(2)10-15-12/h8-9,11-12,15H,3-7,10H2,1-2H3. The molecule has 0 saturated carbocycles. The average molecular weight is 221 g/mol. The second kappa shape index (κ2) is 5.48. The molecular formula is C13H23N3. The molecule has 1 fully saturated rings. The number of hydrogen-bond donors (Lipinski definition) is 1. The Balaban J connectivity index is 1.79. The van der Waals surface area contributed by atoms with Gasteiger partial charge in [-0.1, -0.05) is 6.92 Å². The van der Waals surface area contributed by atoms with Gasteiger partial charge in [0.15, 0.2) is 0 Å². The Kier molecular flexibility index (Phi) is 3.99. The van der Waals surface area contributed by atoms with Gasteiger partial charge in [0.2, 0.25) is 0 Å². The summed E-state index contributed by atoms with van der Waals surface area (Å²) in [4.78, 5) is 4.42. The Bertz CT molecular complexity index is 311. The molecule has 1 aromatic heterocycles. The molecule has 2 unspecified atom stereocenters. The van der Waals surface area contributed by atoms with Gasteiger partial charge in [0.25, 0.3) is 0 Å². The van der Waals surface area contributed by atoms with Crippen molar-refractivity contribution < 1.29 is 0 Å². The van der Waals surface area contributed by atoms with E-state index in [1.807, 2.05) is 6.20 Å². The molecule has 1 aliphatic rings. The molecule has 3 nitrogen and oxygen atoms in total. The lowest BCUT2D eigenvalue weighted by Gasteiger charge is -2.27. The first kappa shape index (κ1) is 11.6. The van der Waals surface area contributed by atoms with Crippen molar-refractivity contribution >= 4 is 0 Å². The van der Waals surface area contributed by atoms with E-state index in [1.54, 1.807) is 0 Å². The SMILES string of the molecule is CCn1ccnc1CCC1CCC(C)CN1. The highest BCUT2D eigenvalue weighted by molar-refractivity contribution is 4.93. The highest BCUT2D eigenvalue weighted by Crippen LogP contribution is 2.16. The Morgan fingerprint density at radius 3 is 3.06 bits per heavy atom. The largest absolute Gasteiger partial charge is 0.335 e. The highest BCUT2D eigenvalue weighted by atomic mass is 15.1. The quantitative estimate of drug-likeness (QED) is 0.845. The fraction of sp³-hybridized carbons (Fsp3) is 0.769. The summed E-state index contributed by atoms with van der Waals surface area (Å²) in [6.45, 7) is 6.72. The van der Waals surface area contributed by atoms with Gasteiger partial charge in [-0.05, 0) is 38.6 Å². The fourth-order valence-electron chi connectivity index (χ4n) is 2.46. The first-order valence-electron chi connectivity index (χ1n) is 6.53. The van der Waals surface area contributed by atoms with Gasteiger partial charge in [0.05, 0.1) is 0 Å². The van der Waals surface area contributed by atoms with Gasteiger partial charge in [-0.3, -0.25) is 0 Å². The van der Waals surface area contributed by atoms with Crippen LogP contribution in [0.2, 0.25) is 0 Å². The minimum atomic E-state index is 0.707. The van der Waals surface area contributed by atoms with Crippen LogP contribution in [0.5, 0.6) is 0 Å². The maximum Gasteiger partial charge on any atom is 0.108 e. The molecular weight excluding hydrogens is 198 g/mol. The summed E-state index contributed by atoms with van der Waals surface area (Å²) in [6, 6.07) is 0.707. The lowest BCUT2D eigenvalue weighted by molar-refractivity contribution is 0.314. The van der Waals surface area contributed by atoms with Crippen molar-refractivity contribution in [2.45, 2.75) is 52.1 Å². The molecule has 1 saturated heterocycles. The van der Waals surface area contributed by atoms with Crippen molar-refractivity contribution in [2.75, 3.05) is 6.54 Å². The Hall–Kier alpha value is -0.830. The number of piperidine rings is 1. The van der Waals surface area contributed by atoms with Gasteiger partial charge in [0.1, 0.15) is 5.82 Å². The monoisotopic (exact) mass is 221 g/mol. The predicted octanol–water partition coefficient (Wildman–Crippen LogP) is 2.22. The van der Waals surface area contributed by atoms with Crippen LogP contribution in [-0.2, 0) is 13.0 Å². The van der Waals surface area contributed by atoms with E-state index in [1.165, 1.54) is 31.6 Å². The van der Waals surface area contributed by atoms with E-state index < -0.39 is 0 Å². The highest BCUT2D eigenvalue weighted by Gasteiger charge is 2.17. The summed E-state index contributed by atoms with van der Waals surface area (Å²) in [5.41, 5.74) is 0. The Labute approximate surface area is 98.3 Å². The van der Waals surface area contributed by atoms with Crippen LogP contribution in [0.25, 0.3) is 0 Å². The van der Waals surface area contributed by atoms with Gasteiger partial charge in [-0.2, -0.15) is 0 Å². The van der Waals surface area contributed by atoms with Gasteiger partial charge in [0, 0.05) is 31.4 Å². The summed E-state index contributed by atoms with van der Waals surface area (Å²) in [5.74, 6) is 2.09. The van der Waals surface area contributed by atoms with E-state index in [2.05, 4.69) is 34.9 Å². The lowest BCUT2D eigenvalue weighted by atomic mass is 9.94. The summed E-state index contributed by atoms with van der Waals surface area (Å²) < 4.78 is 2.24. The minimum Gasteiger partial charge on any atom is -0.335 e. The first-order chi connectivity index (χ1) is 7.79. The number of nitrogens with zero attached hydrogens (tertiary/aromatic N) is 2. The number of nitrogens with one attached hydrogen (secondary N) is 1. The van der Waals surface area contributed by atoms with E-state index in [0.29, 0.717) is 6.04 Å². The second-order valence-corrected chi connectivity index (χ2v) is 4.96. The summed E-state index contributed by atoms with van der Waals surface area (Å²) in [6.07, 6.45) is 9.02. The molecule has 0 amide bonds. The number of hydrogen-bond acceptors (Lipinski definition) is 2. The van der Waals surface area contributed by atoms with Crippen LogP contribution < -0.4 is 5.32 Å². The molecule has 0 aliphatic carbocycles. The maximum absolute atomic E-state index is 4.42. The average Bonchev–Trinajstić information content (AvgIpc) is 2.76. The molecule has 0 spiro atoms. The predicted molar refractivity (Wildman–Crippen MR) is 66.4 cm³/mol. The molecule has 3 heteroatoms. The Morgan fingerprint density at radius 1 is 1.50 bits per heavy atom. The molecule has 16 heavy (non-hydrogen) atoms. The van der Waals surface area contributed by atoms with Crippen LogP contribution in [0.15, 0.2) is 12.4 Å². The van der Waals surface area contributed by atoms with E-state index >= 15 is 0 Å². The Morgan fingerprint density at radius 2 is 2.38 bits per heavy atom. The molecule has 2 heterocycles. The van der Waals surface area contributed by atoms with Crippen LogP contribution >= 0.6 is 0 Å². The number of rotatable bonds is 4. The van der Waals surface area contributed by atoms with Crippen molar-refractivity contribution in [1.29, 1.82) is 0 Å². The van der Waals surface area contributed by atoms with E-state index in [9.17, 15) is 0 Å². The smallest absolute Gasteiger partial charge is 0.108 e. The maximum atomic E-state index is 4.42. The topological polar surface area (TPSA) is 29.9 Å².